The van der Waals surface area contributed by atoms with Crippen molar-refractivity contribution in [2.45, 2.75) is 25.8 Å². The number of morpholine rings is 1. The quantitative estimate of drug-likeness (QED) is 0.784. The van der Waals surface area contributed by atoms with E-state index in [0.717, 1.165) is 18.7 Å². The van der Waals surface area contributed by atoms with Crippen molar-refractivity contribution in [2.24, 2.45) is 0 Å². The van der Waals surface area contributed by atoms with Gasteiger partial charge < -0.3 is 9.47 Å². The second kappa shape index (κ2) is 7.25. The number of esters is 1. The molecule has 1 fully saturated rings. The predicted octanol–water partition coefficient (Wildman–Crippen LogP) is 2.84. The monoisotopic (exact) mass is 311 g/mol. The molecule has 5 heteroatoms. The number of halogens is 1. The van der Waals surface area contributed by atoms with Gasteiger partial charge in [-0.2, -0.15) is 0 Å². The summed E-state index contributed by atoms with van der Waals surface area (Å²) in [5, 5.41) is 0.694. The van der Waals surface area contributed by atoms with Crippen molar-refractivity contribution in [2.75, 3.05) is 32.9 Å². The lowest BCUT2D eigenvalue weighted by molar-refractivity contribution is -0.147. The summed E-state index contributed by atoms with van der Waals surface area (Å²) in [4.78, 5) is 14.3. The lowest BCUT2D eigenvalue weighted by atomic mass is 9.86. The van der Waals surface area contributed by atoms with Crippen molar-refractivity contribution >= 4 is 17.6 Å². The average molecular weight is 312 g/mol. The molecule has 0 bridgehead atoms. The Hall–Kier alpha value is -1.10. The SMILES string of the molecule is CCOC(=O)CC(C)(c1ccc(Cl)cc1)N1CCOCC1. The number of rotatable bonds is 5. The van der Waals surface area contributed by atoms with Gasteiger partial charge in [0, 0.05) is 18.1 Å². The number of nitrogens with zero attached hydrogens (tertiary/aromatic N) is 1. The van der Waals surface area contributed by atoms with Gasteiger partial charge in [-0.3, -0.25) is 9.69 Å². The van der Waals surface area contributed by atoms with Crippen LogP contribution in [0.2, 0.25) is 5.02 Å². The molecule has 1 aromatic carbocycles. The summed E-state index contributed by atoms with van der Waals surface area (Å²) in [5.41, 5.74) is 0.669. The molecule has 4 nitrogen and oxygen atoms in total. The van der Waals surface area contributed by atoms with Crippen molar-refractivity contribution in [1.29, 1.82) is 0 Å². The number of carbonyl (C=O) groups excluding carboxylic acids is 1. The van der Waals surface area contributed by atoms with Gasteiger partial charge in [0.05, 0.1) is 31.8 Å². The minimum Gasteiger partial charge on any atom is -0.466 e. The van der Waals surface area contributed by atoms with Crippen LogP contribution < -0.4 is 0 Å². The maximum atomic E-state index is 12.0. The molecule has 1 aliphatic rings. The molecule has 0 N–H and O–H groups in total. The van der Waals surface area contributed by atoms with E-state index < -0.39 is 5.54 Å². The number of hydrogen-bond acceptors (Lipinski definition) is 4. The van der Waals surface area contributed by atoms with Gasteiger partial charge in [-0.15, -0.1) is 0 Å². The molecule has 0 radical (unpaired) electrons. The Kier molecular flexibility index (Phi) is 5.62. The van der Waals surface area contributed by atoms with Crippen molar-refractivity contribution in [1.82, 2.24) is 4.90 Å². The van der Waals surface area contributed by atoms with Crippen LogP contribution in [0.15, 0.2) is 24.3 Å². The molecule has 1 atom stereocenters. The van der Waals surface area contributed by atoms with Crippen LogP contribution in [0.5, 0.6) is 0 Å². The first-order valence-electron chi connectivity index (χ1n) is 7.30. The van der Waals surface area contributed by atoms with E-state index in [1.807, 2.05) is 31.2 Å². The molecule has 1 heterocycles. The van der Waals surface area contributed by atoms with Crippen molar-refractivity contribution in [3.05, 3.63) is 34.9 Å². The first kappa shape index (κ1) is 16.3. The van der Waals surface area contributed by atoms with Crippen molar-refractivity contribution in [3.63, 3.8) is 0 Å². The number of hydrogen-bond donors (Lipinski definition) is 0. The van der Waals surface area contributed by atoms with Crippen LogP contribution in [0, 0.1) is 0 Å². The van der Waals surface area contributed by atoms with E-state index in [-0.39, 0.29) is 5.97 Å². The molecule has 1 aliphatic heterocycles. The summed E-state index contributed by atoms with van der Waals surface area (Å²) in [5.74, 6) is -0.179. The molecule has 1 saturated heterocycles. The minimum absolute atomic E-state index is 0.179. The fraction of sp³-hybridized carbons (Fsp3) is 0.562. The second-order valence-electron chi connectivity index (χ2n) is 5.36. The fourth-order valence-corrected chi connectivity index (χ4v) is 2.88. The Morgan fingerprint density at radius 1 is 1.33 bits per heavy atom. The fourth-order valence-electron chi connectivity index (χ4n) is 2.76. The highest BCUT2D eigenvalue weighted by atomic mass is 35.5. The molecule has 116 valence electrons. The van der Waals surface area contributed by atoms with Gasteiger partial charge in [-0.25, -0.2) is 0 Å². The predicted molar refractivity (Wildman–Crippen MR) is 82.4 cm³/mol. The van der Waals surface area contributed by atoms with E-state index in [1.165, 1.54) is 0 Å². The zero-order valence-corrected chi connectivity index (χ0v) is 13.4. The first-order valence-corrected chi connectivity index (χ1v) is 7.68. The second-order valence-corrected chi connectivity index (χ2v) is 5.80. The molecule has 0 spiro atoms. The van der Waals surface area contributed by atoms with E-state index in [0.29, 0.717) is 31.3 Å². The van der Waals surface area contributed by atoms with E-state index in [9.17, 15) is 4.79 Å². The Labute approximate surface area is 131 Å². The summed E-state index contributed by atoms with van der Waals surface area (Å²) in [6.07, 6.45) is 0.322. The third-order valence-corrected chi connectivity index (χ3v) is 4.22. The highest BCUT2D eigenvalue weighted by molar-refractivity contribution is 6.30. The maximum absolute atomic E-state index is 12.0. The van der Waals surface area contributed by atoms with E-state index in [1.54, 1.807) is 0 Å². The summed E-state index contributed by atoms with van der Waals surface area (Å²) in [6.45, 7) is 7.29. The third kappa shape index (κ3) is 3.96. The number of benzene rings is 1. The van der Waals surface area contributed by atoms with Crippen LogP contribution in [0.1, 0.15) is 25.8 Å². The van der Waals surface area contributed by atoms with E-state index >= 15 is 0 Å². The molecule has 1 unspecified atom stereocenters. The Balaban J connectivity index is 2.27. The molecule has 0 saturated carbocycles. The molecule has 0 aliphatic carbocycles. The Bertz CT molecular complexity index is 471. The molecule has 2 rings (SSSR count). The topological polar surface area (TPSA) is 38.8 Å². The normalized spacial score (nSPS) is 19.0. The van der Waals surface area contributed by atoms with Crippen LogP contribution in [0.25, 0.3) is 0 Å². The van der Waals surface area contributed by atoms with Gasteiger partial charge in [-0.1, -0.05) is 23.7 Å². The molecule has 0 aromatic heterocycles. The van der Waals surface area contributed by atoms with Gasteiger partial charge in [-0.05, 0) is 31.5 Å². The lowest BCUT2D eigenvalue weighted by Crippen LogP contribution is -2.50. The molecule has 21 heavy (non-hydrogen) atoms. The van der Waals surface area contributed by atoms with Crippen molar-refractivity contribution in [3.8, 4) is 0 Å². The van der Waals surface area contributed by atoms with Crippen molar-refractivity contribution < 1.29 is 14.3 Å². The van der Waals surface area contributed by atoms with Crippen LogP contribution in [-0.4, -0.2) is 43.8 Å². The van der Waals surface area contributed by atoms with Crippen LogP contribution in [0.3, 0.4) is 0 Å². The first-order chi connectivity index (χ1) is 10.1. The summed E-state index contributed by atoms with van der Waals surface area (Å²) in [6, 6.07) is 7.69. The Morgan fingerprint density at radius 2 is 1.95 bits per heavy atom. The summed E-state index contributed by atoms with van der Waals surface area (Å²) in [7, 11) is 0. The van der Waals surface area contributed by atoms with E-state index in [4.69, 9.17) is 21.1 Å². The maximum Gasteiger partial charge on any atom is 0.307 e. The third-order valence-electron chi connectivity index (χ3n) is 3.97. The summed E-state index contributed by atoms with van der Waals surface area (Å²) < 4.78 is 10.6. The zero-order valence-electron chi connectivity index (χ0n) is 12.6. The molecular weight excluding hydrogens is 290 g/mol. The van der Waals surface area contributed by atoms with Crippen LogP contribution >= 0.6 is 11.6 Å². The van der Waals surface area contributed by atoms with Crippen LogP contribution in [-0.2, 0) is 19.8 Å². The summed E-state index contributed by atoms with van der Waals surface area (Å²) >= 11 is 5.98. The molecule has 0 amide bonds. The molecule has 1 aromatic rings. The molecular formula is C16H22ClNO3. The van der Waals surface area contributed by atoms with Gasteiger partial charge >= 0.3 is 5.97 Å². The number of carbonyl (C=O) groups is 1. The minimum atomic E-state index is -0.402. The highest BCUT2D eigenvalue weighted by Crippen LogP contribution is 2.33. The number of ether oxygens (including phenoxy) is 2. The van der Waals surface area contributed by atoms with Gasteiger partial charge in [0.1, 0.15) is 0 Å². The lowest BCUT2D eigenvalue weighted by Gasteiger charge is -2.43. The Morgan fingerprint density at radius 3 is 2.52 bits per heavy atom. The van der Waals surface area contributed by atoms with Gasteiger partial charge in [0.15, 0.2) is 0 Å². The van der Waals surface area contributed by atoms with Gasteiger partial charge in [0.25, 0.3) is 0 Å². The van der Waals surface area contributed by atoms with E-state index in [2.05, 4.69) is 11.8 Å². The standard InChI is InChI=1S/C16H22ClNO3/c1-3-21-15(19)12-16(2,18-8-10-20-11-9-18)13-4-6-14(17)7-5-13/h4-7H,3,8-12H2,1-2H3. The van der Waals surface area contributed by atoms with Gasteiger partial charge in [0.2, 0.25) is 0 Å². The average Bonchev–Trinajstić information content (AvgIpc) is 2.49. The smallest absolute Gasteiger partial charge is 0.307 e. The largest absolute Gasteiger partial charge is 0.466 e. The highest BCUT2D eigenvalue weighted by Gasteiger charge is 2.37. The van der Waals surface area contributed by atoms with Crippen LogP contribution in [0.4, 0.5) is 0 Å². The zero-order chi connectivity index (χ0) is 15.3.